The van der Waals surface area contributed by atoms with Crippen LogP contribution >= 0.6 is 11.8 Å². The molecule has 2 amide bonds. The Hall–Kier alpha value is -0.990. The van der Waals surface area contributed by atoms with Crippen molar-refractivity contribution in [3.05, 3.63) is 0 Å². The SMILES string of the molecule is CSCC[C@H](NC(=O)N(CCO)CCO)C(=O)O. The fourth-order valence-electron chi connectivity index (χ4n) is 1.29. The molecule has 0 bridgehead atoms. The van der Waals surface area contributed by atoms with Crippen LogP contribution in [0, 0.1) is 0 Å². The fourth-order valence-corrected chi connectivity index (χ4v) is 1.76. The third-order valence-electron chi connectivity index (χ3n) is 2.23. The molecule has 0 fully saturated rings. The normalized spacial score (nSPS) is 11.9. The van der Waals surface area contributed by atoms with Crippen LogP contribution in [0.1, 0.15) is 6.42 Å². The van der Waals surface area contributed by atoms with Crippen LogP contribution in [-0.4, -0.2) is 76.6 Å². The van der Waals surface area contributed by atoms with Crippen LogP contribution in [-0.2, 0) is 4.79 Å². The third kappa shape index (κ3) is 6.67. The summed E-state index contributed by atoms with van der Waals surface area (Å²) in [5.41, 5.74) is 0. The van der Waals surface area contributed by atoms with Crippen molar-refractivity contribution in [2.45, 2.75) is 12.5 Å². The molecule has 0 rings (SSSR count). The van der Waals surface area contributed by atoms with E-state index < -0.39 is 18.0 Å². The number of hydrogen-bond acceptors (Lipinski definition) is 5. The number of aliphatic hydroxyl groups is 2. The molecule has 0 aromatic carbocycles. The number of carbonyl (C=O) groups is 2. The molecule has 0 saturated carbocycles. The minimum Gasteiger partial charge on any atom is -0.480 e. The number of aliphatic carboxylic acids is 1. The first-order valence-electron chi connectivity index (χ1n) is 5.55. The Bertz CT molecular complexity index is 259. The quantitative estimate of drug-likeness (QED) is 0.440. The van der Waals surface area contributed by atoms with Crippen LogP contribution in [0.3, 0.4) is 0 Å². The van der Waals surface area contributed by atoms with Gasteiger partial charge in [-0.2, -0.15) is 11.8 Å². The summed E-state index contributed by atoms with van der Waals surface area (Å²) in [6, 6.07) is -1.54. The number of aliphatic hydroxyl groups excluding tert-OH is 2. The maximum absolute atomic E-state index is 11.7. The molecule has 1 atom stereocenters. The molecule has 0 aromatic rings. The largest absolute Gasteiger partial charge is 0.480 e. The highest BCUT2D eigenvalue weighted by Gasteiger charge is 2.22. The highest BCUT2D eigenvalue weighted by Crippen LogP contribution is 2.02. The van der Waals surface area contributed by atoms with Crippen molar-refractivity contribution in [1.82, 2.24) is 10.2 Å². The van der Waals surface area contributed by atoms with Crippen LogP contribution in [0.25, 0.3) is 0 Å². The van der Waals surface area contributed by atoms with Gasteiger partial charge in [-0.3, -0.25) is 0 Å². The molecule has 0 heterocycles. The molecule has 0 aromatic heterocycles. The maximum Gasteiger partial charge on any atom is 0.326 e. The Morgan fingerprint density at radius 3 is 2.22 bits per heavy atom. The molecule has 0 unspecified atom stereocenters. The van der Waals surface area contributed by atoms with Gasteiger partial charge < -0.3 is 25.5 Å². The number of amides is 2. The summed E-state index contributed by atoms with van der Waals surface area (Å²) >= 11 is 1.50. The van der Waals surface area contributed by atoms with Gasteiger partial charge in [0, 0.05) is 13.1 Å². The van der Waals surface area contributed by atoms with Crippen molar-refractivity contribution in [2.24, 2.45) is 0 Å². The smallest absolute Gasteiger partial charge is 0.326 e. The average Bonchev–Trinajstić information content (AvgIpc) is 2.33. The first-order chi connectivity index (χ1) is 8.56. The van der Waals surface area contributed by atoms with E-state index in [0.717, 1.165) is 0 Å². The highest BCUT2D eigenvalue weighted by atomic mass is 32.2. The van der Waals surface area contributed by atoms with Crippen molar-refractivity contribution in [1.29, 1.82) is 0 Å². The van der Waals surface area contributed by atoms with E-state index in [2.05, 4.69) is 5.32 Å². The summed E-state index contributed by atoms with van der Waals surface area (Å²) in [6.45, 7) is -0.367. The van der Waals surface area contributed by atoms with Gasteiger partial charge in [-0.05, 0) is 18.4 Å². The summed E-state index contributed by atoms with van der Waals surface area (Å²) in [5, 5.41) is 28.9. The molecule has 0 saturated heterocycles. The first-order valence-corrected chi connectivity index (χ1v) is 6.95. The number of thioether (sulfide) groups is 1. The van der Waals surface area contributed by atoms with E-state index >= 15 is 0 Å². The van der Waals surface area contributed by atoms with Crippen molar-refractivity contribution in [3.8, 4) is 0 Å². The Kier molecular flexibility index (Phi) is 9.43. The van der Waals surface area contributed by atoms with Gasteiger partial charge in [0.1, 0.15) is 6.04 Å². The zero-order chi connectivity index (χ0) is 14.0. The molecular formula is C10H20N2O5S. The lowest BCUT2D eigenvalue weighted by molar-refractivity contribution is -0.139. The van der Waals surface area contributed by atoms with E-state index in [4.69, 9.17) is 15.3 Å². The second-order valence-corrected chi connectivity index (χ2v) is 4.54. The lowest BCUT2D eigenvalue weighted by Gasteiger charge is -2.23. The van der Waals surface area contributed by atoms with Gasteiger partial charge in [0.25, 0.3) is 0 Å². The van der Waals surface area contributed by atoms with Crippen LogP contribution in [0.2, 0.25) is 0 Å². The molecule has 0 aliphatic heterocycles. The summed E-state index contributed by atoms with van der Waals surface area (Å²) in [5.74, 6) is -0.470. The maximum atomic E-state index is 11.7. The predicted octanol–water partition coefficient (Wildman–Crippen LogP) is -0.811. The second kappa shape index (κ2) is 9.98. The Morgan fingerprint density at radius 2 is 1.83 bits per heavy atom. The predicted molar refractivity (Wildman–Crippen MR) is 68.7 cm³/mol. The average molecular weight is 280 g/mol. The number of carboxylic acid groups (broad SMARTS) is 1. The summed E-state index contributed by atoms with van der Waals surface area (Å²) in [7, 11) is 0. The van der Waals surface area contributed by atoms with Crippen molar-refractivity contribution < 1.29 is 24.9 Å². The van der Waals surface area contributed by atoms with Gasteiger partial charge in [0.05, 0.1) is 13.2 Å². The molecule has 18 heavy (non-hydrogen) atoms. The van der Waals surface area contributed by atoms with E-state index in [1.165, 1.54) is 16.7 Å². The number of nitrogens with one attached hydrogen (secondary N) is 1. The van der Waals surface area contributed by atoms with E-state index in [1.54, 1.807) is 0 Å². The summed E-state index contributed by atoms with van der Waals surface area (Å²) < 4.78 is 0. The number of carboxylic acids is 1. The number of nitrogens with zero attached hydrogens (tertiary/aromatic N) is 1. The van der Waals surface area contributed by atoms with Gasteiger partial charge >= 0.3 is 12.0 Å². The van der Waals surface area contributed by atoms with Crippen molar-refractivity contribution in [2.75, 3.05) is 38.3 Å². The number of carbonyl (C=O) groups excluding carboxylic acids is 1. The van der Waals surface area contributed by atoms with Gasteiger partial charge in [-0.25, -0.2) is 9.59 Å². The van der Waals surface area contributed by atoms with Crippen LogP contribution in [0.5, 0.6) is 0 Å². The van der Waals surface area contributed by atoms with E-state index in [0.29, 0.717) is 12.2 Å². The van der Waals surface area contributed by atoms with Crippen molar-refractivity contribution in [3.63, 3.8) is 0 Å². The monoisotopic (exact) mass is 280 g/mol. The van der Waals surface area contributed by atoms with Gasteiger partial charge in [-0.15, -0.1) is 0 Å². The minimum atomic E-state index is -1.09. The third-order valence-corrected chi connectivity index (χ3v) is 2.88. The highest BCUT2D eigenvalue weighted by molar-refractivity contribution is 7.98. The standard InChI is InChI=1S/C10H20N2O5S/c1-18-7-2-8(9(15)16)11-10(17)12(3-5-13)4-6-14/h8,13-14H,2-7H2,1H3,(H,11,17)(H,15,16)/t8-/m0/s1. The van der Waals surface area contributed by atoms with Gasteiger partial charge in [-0.1, -0.05) is 0 Å². The van der Waals surface area contributed by atoms with Crippen molar-refractivity contribution >= 4 is 23.8 Å². The summed E-state index contributed by atoms with van der Waals surface area (Å²) in [4.78, 5) is 23.8. The fraction of sp³-hybridized carbons (Fsp3) is 0.800. The van der Waals surface area contributed by atoms with Gasteiger partial charge in [0.2, 0.25) is 0 Å². The Labute approximate surface area is 110 Å². The number of rotatable bonds is 9. The molecule has 106 valence electrons. The number of hydrogen-bond donors (Lipinski definition) is 4. The Balaban J connectivity index is 4.39. The van der Waals surface area contributed by atoms with Crippen LogP contribution in [0.4, 0.5) is 4.79 Å². The second-order valence-electron chi connectivity index (χ2n) is 3.56. The molecule has 7 nitrogen and oxygen atoms in total. The zero-order valence-electron chi connectivity index (χ0n) is 10.3. The van der Waals surface area contributed by atoms with Gasteiger partial charge in [0.15, 0.2) is 0 Å². The summed E-state index contributed by atoms with van der Waals surface area (Å²) in [6.07, 6.45) is 2.18. The first kappa shape index (κ1) is 17.0. The molecule has 0 aliphatic carbocycles. The van der Waals surface area contributed by atoms with E-state index in [1.807, 2.05) is 6.26 Å². The Morgan fingerprint density at radius 1 is 1.28 bits per heavy atom. The lowest BCUT2D eigenvalue weighted by atomic mass is 10.2. The van der Waals surface area contributed by atoms with Crippen LogP contribution < -0.4 is 5.32 Å². The lowest BCUT2D eigenvalue weighted by Crippen LogP contribution is -2.49. The molecule has 0 radical (unpaired) electrons. The van der Waals surface area contributed by atoms with Crippen LogP contribution in [0.15, 0.2) is 0 Å². The number of urea groups is 1. The van der Waals surface area contributed by atoms with E-state index in [9.17, 15) is 9.59 Å². The molecule has 8 heteroatoms. The molecule has 0 aliphatic rings. The zero-order valence-corrected chi connectivity index (χ0v) is 11.2. The van der Waals surface area contributed by atoms with E-state index in [-0.39, 0.29) is 26.3 Å². The molecule has 0 spiro atoms. The minimum absolute atomic E-state index is 0.0568. The molecular weight excluding hydrogens is 260 g/mol. The topological polar surface area (TPSA) is 110 Å². The molecule has 4 N–H and O–H groups in total.